The van der Waals surface area contributed by atoms with E-state index in [0.29, 0.717) is 11.3 Å². The van der Waals surface area contributed by atoms with Crippen LogP contribution in [0.25, 0.3) is 0 Å². The van der Waals surface area contributed by atoms with E-state index in [1.165, 1.54) is 7.11 Å². The van der Waals surface area contributed by atoms with Gasteiger partial charge >= 0.3 is 0 Å². The monoisotopic (exact) mass is 209 g/mol. The number of pyridine rings is 1. The van der Waals surface area contributed by atoms with Crippen LogP contribution in [0.2, 0.25) is 0 Å². The molecule has 0 amide bonds. The number of hydrogen-bond acceptors (Lipinski definition) is 4. The van der Waals surface area contributed by atoms with Crippen LogP contribution in [-0.2, 0) is 11.2 Å². The first-order valence-electron chi connectivity index (χ1n) is 4.87. The first-order chi connectivity index (χ1) is 7.31. The summed E-state index contributed by atoms with van der Waals surface area (Å²) >= 11 is 0. The summed E-state index contributed by atoms with van der Waals surface area (Å²) in [6.45, 7) is 2.19. The predicted octanol–water partition coefficient (Wildman–Crippen LogP) is 1.83. The number of aromatic nitrogens is 1. The van der Waals surface area contributed by atoms with Crippen molar-refractivity contribution in [1.29, 1.82) is 0 Å². The van der Waals surface area contributed by atoms with Crippen molar-refractivity contribution >= 4 is 6.29 Å². The Morgan fingerprint density at radius 1 is 1.53 bits per heavy atom. The molecule has 4 heteroatoms. The molecule has 0 N–H and O–H groups in total. The smallest absolute Gasteiger partial charge is 0.188 e. The van der Waals surface area contributed by atoms with Crippen molar-refractivity contribution in [2.24, 2.45) is 0 Å². The maximum absolute atomic E-state index is 10.8. The van der Waals surface area contributed by atoms with Gasteiger partial charge in [0.05, 0.1) is 11.8 Å². The lowest BCUT2D eigenvalue weighted by Gasteiger charge is -2.07. The van der Waals surface area contributed by atoms with E-state index in [2.05, 4.69) is 11.9 Å². The van der Waals surface area contributed by atoms with E-state index in [1.54, 1.807) is 12.3 Å². The van der Waals surface area contributed by atoms with Crippen molar-refractivity contribution in [2.75, 3.05) is 13.9 Å². The van der Waals surface area contributed by atoms with Crippen molar-refractivity contribution in [3.8, 4) is 5.75 Å². The van der Waals surface area contributed by atoms with Crippen molar-refractivity contribution < 1.29 is 14.3 Å². The van der Waals surface area contributed by atoms with Gasteiger partial charge in [0.15, 0.2) is 18.8 Å². The molecule has 0 fully saturated rings. The van der Waals surface area contributed by atoms with Crippen LogP contribution in [0, 0.1) is 0 Å². The third kappa shape index (κ3) is 3.32. The van der Waals surface area contributed by atoms with E-state index < -0.39 is 0 Å². The van der Waals surface area contributed by atoms with Crippen molar-refractivity contribution in [3.05, 3.63) is 23.5 Å². The Bertz CT molecular complexity index is 326. The third-order valence-electron chi connectivity index (χ3n) is 1.92. The van der Waals surface area contributed by atoms with Crippen LogP contribution < -0.4 is 4.74 Å². The van der Waals surface area contributed by atoms with Crippen LogP contribution >= 0.6 is 0 Å². The van der Waals surface area contributed by atoms with Gasteiger partial charge in [-0.15, -0.1) is 0 Å². The second-order valence-electron chi connectivity index (χ2n) is 3.13. The van der Waals surface area contributed by atoms with Crippen LogP contribution in [-0.4, -0.2) is 25.2 Å². The second kappa shape index (κ2) is 6.14. The number of nitrogens with zero attached hydrogens (tertiary/aromatic N) is 1. The molecule has 0 atom stereocenters. The quantitative estimate of drug-likeness (QED) is 0.529. The molecule has 0 aliphatic heterocycles. The molecule has 0 radical (unpaired) electrons. The molecule has 1 aromatic heterocycles. The largest absolute Gasteiger partial charge is 0.465 e. The van der Waals surface area contributed by atoms with Gasteiger partial charge in [-0.3, -0.25) is 9.78 Å². The highest BCUT2D eigenvalue weighted by Gasteiger charge is 2.05. The number of aryl methyl sites for hydroxylation is 1. The van der Waals surface area contributed by atoms with Crippen molar-refractivity contribution in [3.63, 3.8) is 0 Å². The summed E-state index contributed by atoms with van der Waals surface area (Å²) in [6, 6.07) is 1.75. The Morgan fingerprint density at radius 3 is 2.93 bits per heavy atom. The maximum Gasteiger partial charge on any atom is 0.188 e. The molecular formula is C11H15NO3. The number of ether oxygens (including phenoxy) is 2. The topological polar surface area (TPSA) is 48.4 Å². The van der Waals surface area contributed by atoms with E-state index in [-0.39, 0.29) is 6.79 Å². The van der Waals surface area contributed by atoms with Crippen LogP contribution in [0.15, 0.2) is 12.3 Å². The minimum Gasteiger partial charge on any atom is -0.465 e. The van der Waals surface area contributed by atoms with Gasteiger partial charge in [-0.25, -0.2) is 0 Å². The highest BCUT2D eigenvalue weighted by molar-refractivity contribution is 5.79. The third-order valence-corrected chi connectivity index (χ3v) is 1.92. The van der Waals surface area contributed by atoms with E-state index in [9.17, 15) is 4.79 Å². The van der Waals surface area contributed by atoms with Crippen LogP contribution in [0.1, 0.15) is 29.4 Å². The summed E-state index contributed by atoms with van der Waals surface area (Å²) < 4.78 is 9.95. The van der Waals surface area contributed by atoms with Gasteiger partial charge in [-0.05, 0) is 12.5 Å². The summed E-state index contributed by atoms with van der Waals surface area (Å²) in [5, 5.41) is 0. The van der Waals surface area contributed by atoms with Gasteiger partial charge in [-0.1, -0.05) is 13.3 Å². The molecule has 82 valence electrons. The fraction of sp³-hybridized carbons (Fsp3) is 0.455. The number of methoxy groups -OCH3 is 1. The molecule has 0 aliphatic rings. The fourth-order valence-electron chi connectivity index (χ4n) is 1.23. The van der Waals surface area contributed by atoms with Crippen LogP contribution in [0.4, 0.5) is 0 Å². The SMILES string of the molecule is CCCc1cc(C=O)c(OCOC)cn1. The van der Waals surface area contributed by atoms with Crippen molar-refractivity contribution in [1.82, 2.24) is 4.98 Å². The molecule has 15 heavy (non-hydrogen) atoms. The molecule has 0 unspecified atom stereocenters. The molecule has 1 rings (SSSR count). The molecule has 0 aromatic carbocycles. The molecular weight excluding hydrogens is 194 g/mol. The van der Waals surface area contributed by atoms with Gasteiger partial charge in [0, 0.05) is 12.8 Å². The number of carbonyl (C=O) groups excluding carboxylic acids is 1. The molecule has 1 aromatic rings. The Hall–Kier alpha value is -1.42. The summed E-state index contributed by atoms with van der Waals surface area (Å²) in [7, 11) is 1.53. The van der Waals surface area contributed by atoms with Crippen LogP contribution in [0.5, 0.6) is 5.75 Å². The second-order valence-corrected chi connectivity index (χ2v) is 3.13. The lowest BCUT2D eigenvalue weighted by Crippen LogP contribution is -2.03. The summed E-state index contributed by atoms with van der Waals surface area (Å²) in [5.41, 5.74) is 1.43. The van der Waals surface area contributed by atoms with Gasteiger partial charge in [0.1, 0.15) is 0 Å². The van der Waals surface area contributed by atoms with Gasteiger partial charge in [0.2, 0.25) is 0 Å². The zero-order valence-corrected chi connectivity index (χ0v) is 9.03. The molecule has 0 saturated carbocycles. The van der Waals surface area contributed by atoms with Gasteiger partial charge < -0.3 is 9.47 Å². The molecule has 0 spiro atoms. The lowest BCUT2D eigenvalue weighted by molar-refractivity contribution is 0.0502. The summed E-state index contributed by atoms with van der Waals surface area (Å²) in [5.74, 6) is 0.465. The normalized spacial score (nSPS) is 10.0. The molecule has 0 aliphatic carbocycles. The number of hydrogen-bond donors (Lipinski definition) is 0. The number of rotatable bonds is 6. The highest BCUT2D eigenvalue weighted by Crippen LogP contribution is 2.16. The Labute approximate surface area is 89.2 Å². The zero-order valence-electron chi connectivity index (χ0n) is 9.03. The summed E-state index contributed by atoms with van der Waals surface area (Å²) in [6.07, 6.45) is 4.20. The average molecular weight is 209 g/mol. The molecule has 1 heterocycles. The number of aldehydes is 1. The van der Waals surface area contributed by atoms with Crippen molar-refractivity contribution in [2.45, 2.75) is 19.8 Å². The Morgan fingerprint density at radius 2 is 2.33 bits per heavy atom. The lowest BCUT2D eigenvalue weighted by atomic mass is 10.2. The minimum absolute atomic E-state index is 0.121. The van der Waals surface area contributed by atoms with E-state index in [4.69, 9.17) is 9.47 Å². The fourth-order valence-corrected chi connectivity index (χ4v) is 1.23. The van der Waals surface area contributed by atoms with E-state index >= 15 is 0 Å². The highest BCUT2D eigenvalue weighted by atomic mass is 16.7. The standard InChI is InChI=1S/C11H15NO3/c1-3-4-10-5-9(7-13)11(6-12-10)15-8-14-2/h5-7H,3-4,8H2,1-2H3. The molecule has 0 bridgehead atoms. The predicted molar refractivity (Wildman–Crippen MR) is 56.1 cm³/mol. The van der Waals surface area contributed by atoms with Gasteiger partial charge in [-0.2, -0.15) is 0 Å². The molecule has 0 saturated heterocycles. The minimum atomic E-state index is 0.121. The Kier molecular flexibility index (Phi) is 4.77. The first kappa shape index (κ1) is 11.7. The van der Waals surface area contributed by atoms with E-state index in [0.717, 1.165) is 24.8 Å². The van der Waals surface area contributed by atoms with Gasteiger partial charge in [0.25, 0.3) is 0 Å². The molecule has 4 nitrogen and oxygen atoms in total. The summed E-state index contributed by atoms with van der Waals surface area (Å²) in [4.78, 5) is 15.0. The zero-order chi connectivity index (χ0) is 11.1. The number of carbonyl (C=O) groups is 1. The Balaban J connectivity index is 2.83. The average Bonchev–Trinajstić information content (AvgIpc) is 2.27. The van der Waals surface area contributed by atoms with Crippen LogP contribution in [0.3, 0.4) is 0 Å². The van der Waals surface area contributed by atoms with E-state index in [1.807, 2.05) is 0 Å². The first-order valence-corrected chi connectivity index (χ1v) is 4.87. The maximum atomic E-state index is 10.8.